The van der Waals surface area contributed by atoms with E-state index in [1.165, 1.54) is 0 Å². The summed E-state index contributed by atoms with van der Waals surface area (Å²) in [4.78, 5) is 4.77. The first-order chi connectivity index (χ1) is 7.63. The van der Waals surface area contributed by atoms with Gasteiger partial charge in [-0.3, -0.25) is 0 Å². The van der Waals surface area contributed by atoms with E-state index in [0.717, 1.165) is 22.7 Å². The van der Waals surface area contributed by atoms with Crippen molar-refractivity contribution in [3.8, 4) is 0 Å². The molecule has 2 rings (SSSR count). The molecule has 0 bridgehead atoms. The van der Waals surface area contributed by atoms with Gasteiger partial charge < -0.3 is 4.84 Å². The van der Waals surface area contributed by atoms with Crippen molar-refractivity contribution < 1.29 is 4.84 Å². The van der Waals surface area contributed by atoms with Crippen molar-refractivity contribution in [1.29, 1.82) is 0 Å². The van der Waals surface area contributed by atoms with Crippen LogP contribution in [0.2, 0.25) is 10.0 Å². The highest BCUT2D eigenvalue weighted by atomic mass is 35.5. The molecular formula is C12H13Cl2NO. The van der Waals surface area contributed by atoms with Crippen molar-refractivity contribution in [1.82, 2.24) is 0 Å². The maximum Gasteiger partial charge on any atom is 0.106 e. The Hall–Kier alpha value is -0.730. The van der Waals surface area contributed by atoms with Crippen LogP contribution in [-0.2, 0) is 4.84 Å². The molecule has 0 radical (unpaired) electrons. The lowest BCUT2D eigenvalue weighted by Crippen LogP contribution is -1.97. The minimum absolute atomic E-state index is 0.457. The molecule has 1 aliphatic carbocycles. The van der Waals surface area contributed by atoms with Crippen molar-refractivity contribution >= 4 is 28.9 Å². The van der Waals surface area contributed by atoms with Crippen LogP contribution < -0.4 is 0 Å². The summed E-state index contributed by atoms with van der Waals surface area (Å²) in [6.45, 7) is 1.98. The molecule has 2 nitrogen and oxygen atoms in total. The minimum atomic E-state index is 0.457. The molecule has 4 heteroatoms. The van der Waals surface area contributed by atoms with Gasteiger partial charge in [-0.1, -0.05) is 34.4 Å². The fourth-order valence-corrected chi connectivity index (χ4v) is 2.56. The van der Waals surface area contributed by atoms with Crippen molar-refractivity contribution in [2.45, 2.75) is 19.3 Å². The third-order valence-electron chi connectivity index (χ3n) is 2.92. The summed E-state index contributed by atoms with van der Waals surface area (Å²) in [5, 5.41) is 5.37. The normalized spacial score (nSPS) is 24.4. The predicted octanol–water partition coefficient (Wildman–Crippen LogP) is 4.12. The van der Waals surface area contributed by atoms with Crippen LogP contribution in [0.4, 0.5) is 0 Å². The van der Waals surface area contributed by atoms with Gasteiger partial charge in [-0.05, 0) is 37.0 Å². The Kier molecular flexibility index (Phi) is 3.41. The van der Waals surface area contributed by atoms with Crippen molar-refractivity contribution in [3.05, 3.63) is 33.8 Å². The third kappa shape index (κ3) is 2.33. The van der Waals surface area contributed by atoms with Gasteiger partial charge in [0, 0.05) is 16.0 Å². The number of rotatable bonds is 3. The maximum atomic E-state index is 6.16. The lowest BCUT2D eigenvalue weighted by molar-refractivity contribution is 0.212. The van der Waals surface area contributed by atoms with Crippen LogP contribution in [0.15, 0.2) is 23.4 Å². The van der Waals surface area contributed by atoms with Crippen LogP contribution in [0.5, 0.6) is 0 Å². The van der Waals surface area contributed by atoms with E-state index in [1.54, 1.807) is 13.2 Å². The summed E-state index contributed by atoms with van der Waals surface area (Å²) in [5.41, 5.74) is 2.18. The third-order valence-corrected chi connectivity index (χ3v) is 3.49. The Bertz CT molecular complexity index is 431. The molecule has 0 spiro atoms. The van der Waals surface area contributed by atoms with Crippen molar-refractivity contribution in [3.63, 3.8) is 0 Å². The quantitative estimate of drug-likeness (QED) is 0.590. The van der Waals surface area contributed by atoms with Crippen molar-refractivity contribution in [2.24, 2.45) is 11.1 Å². The molecule has 0 saturated heterocycles. The Morgan fingerprint density at radius 2 is 2.19 bits per heavy atom. The molecule has 0 amide bonds. The molecule has 1 aliphatic rings. The zero-order valence-electron chi connectivity index (χ0n) is 9.21. The minimum Gasteiger partial charge on any atom is -0.399 e. The fourth-order valence-electron chi connectivity index (χ4n) is 2.01. The Labute approximate surface area is 105 Å². The molecule has 1 fully saturated rings. The second kappa shape index (κ2) is 4.64. The zero-order chi connectivity index (χ0) is 11.7. The molecule has 0 aromatic heterocycles. The molecular weight excluding hydrogens is 245 g/mol. The van der Waals surface area contributed by atoms with E-state index in [0.29, 0.717) is 16.9 Å². The van der Waals surface area contributed by atoms with E-state index in [4.69, 9.17) is 28.0 Å². The monoisotopic (exact) mass is 257 g/mol. The first kappa shape index (κ1) is 11.7. The lowest BCUT2D eigenvalue weighted by atomic mass is 10.1. The van der Waals surface area contributed by atoms with Crippen LogP contribution in [0.25, 0.3) is 0 Å². The maximum absolute atomic E-state index is 6.16. The van der Waals surface area contributed by atoms with Gasteiger partial charge in [0.1, 0.15) is 7.11 Å². The van der Waals surface area contributed by atoms with E-state index < -0.39 is 0 Å². The summed E-state index contributed by atoms with van der Waals surface area (Å²) < 4.78 is 0. The highest BCUT2D eigenvalue weighted by molar-refractivity contribution is 6.35. The molecule has 1 saturated carbocycles. The number of hydrogen-bond donors (Lipinski definition) is 0. The Morgan fingerprint density at radius 1 is 1.44 bits per heavy atom. The fraction of sp³-hybridized carbons (Fsp3) is 0.417. The summed E-state index contributed by atoms with van der Waals surface area (Å²) in [6, 6.07) is 5.66. The van der Waals surface area contributed by atoms with Gasteiger partial charge in [-0.25, -0.2) is 0 Å². The zero-order valence-corrected chi connectivity index (χ0v) is 10.7. The highest BCUT2D eigenvalue weighted by Crippen LogP contribution is 2.50. The van der Waals surface area contributed by atoms with Gasteiger partial charge in [0.25, 0.3) is 0 Å². The van der Waals surface area contributed by atoms with Gasteiger partial charge in [0.2, 0.25) is 0 Å². The van der Waals surface area contributed by atoms with Crippen LogP contribution >= 0.6 is 23.2 Å². The lowest BCUT2D eigenvalue weighted by Gasteiger charge is -2.03. The van der Waals surface area contributed by atoms with Crippen LogP contribution in [0, 0.1) is 5.92 Å². The number of halogens is 2. The molecule has 2 unspecified atom stereocenters. The standard InChI is InChI=1S/C12H13Cl2NO/c1-7(15-16-2)10-6-11(10)9-4-3-8(13)5-12(9)14/h3-5,10-11H,6H2,1-2H3/b15-7+. The number of hydrogen-bond acceptors (Lipinski definition) is 2. The van der Waals surface area contributed by atoms with Crippen LogP contribution in [0.1, 0.15) is 24.8 Å². The first-order valence-electron chi connectivity index (χ1n) is 5.16. The van der Waals surface area contributed by atoms with E-state index in [1.807, 2.05) is 19.1 Å². The summed E-state index contributed by atoms with van der Waals surface area (Å²) in [6.07, 6.45) is 1.08. The average molecular weight is 258 g/mol. The van der Waals surface area contributed by atoms with Crippen molar-refractivity contribution in [2.75, 3.05) is 7.11 Å². The highest BCUT2D eigenvalue weighted by Gasteiger charge is 2.41. The van der Waals surface area contributed by atoms with Gasteiger partial charge in [0.05, 0.1) is 5.71 Å². The van der Waals surface area contributed by atoms with Gasteiger partial charge in [-0.2, -0.15) is 0 Å². The largest absolute Gasteiger partial charge is 0.399 e. The smallest absolute Gasteiger partial charge is 0.106 e. The van der Waals surface area contributed by atoms with E-state index in [-0.39, 0.29) is 0 Å². The van der Waals surface area contributed by atoms with Gasteiger partial charge >= 0.3 is 0 Å². The molecule has 1 aromatic rings. The second-order valence-electron chi connectivity index (χ2n) is 4.03. The summed E-state index contributed by atoms with van der Waals surface area (Å²) >= 11 is 12.0. The molecule has 0 aliphatic heterocycles. The molecule has 16 heavy (non-hydrogen) atoms. The van der Waals surface area contributed by atoms with E-state index in [9.17, 15) is 0 Å². The molecule has 0 N–H and O–H groups in total. The topological polar surface area (TPSA) is 21.6 Å². The summed E-state index contributed by atoms with van der Waals surface area (Å²) in [7, 11) is 1.57. The van der Waals surface area contributed by atoms with E-state index >= 15 is 0 Å². The van der Waals surface area contributed by atoms with Gasteiger partial charge in [0.15, 0.2) is 0 Å². The molecule has 2 atom stereocenters. The SMILES string of the molecule is CO/N=C(\C)C1CC1c1ccc(Cl)cc1Cl. The molecule has 86 valence electrons. The number of benzene rings is 1. The van der Waals surface area contributed by atoms with E-state index in [2.05, 4.69) is 5.16 Å². The van der Waals surface area contributed by atoms with Gasteiger partial charge in [-0.15, -0.1) is 0 Å². The second-order valence-corrected chi connectivity index (χ2v) is 4.87. The number of nitrogens with zero attached hydrogens (tertiary/aromatic N) is 1. The summed E-state index contributed by atoms with van der Waals surface area (Å²) in [5.74, 6) is 0.919. The molecule has 1 aromatic carbocycles. The average Bonchev–Trinajstić information content (AvgIpc) is 2.98. The molecule has 0 heterocycles. The Balaban J connectivity index is 2.14. The van der Waals surface area contributed by atoms with Crippen LogP contribution in [-0.4, -0.2) is 12.8 Å². The Morgan fingerprint density at radius 3 is 2.81 bits per heavy atom. The predicted molar refractivity (Wildman–Crippen MR) is 67.4 cm³/mol. The number of oxime groups is 1. The van der Waals surface area contributed by atoms with Crippen LogP contribution in [0.3, 0.4) is 0 Å². The first-order valence-corrected chi connectivity index (χ1v) is 5.91.